The second-order valence-electron chi connectivity index (χ2n) is 3.35. The summed E-state index contributed by atoms with van der Waals surface area (Å²) in [6.07, 6.45) is 0.951. The molecule has 0 saturated heterocycles. The van der Waals surface area contributed by atoms with Gasteiger partial charge in [-0.25, -0.2) is 4.39 Å². The Labute approximate surface area is 112 Å². The molecule has 1 N–H and O–H groups in total. The molecule has 0 heterocycles. The molecular formula is C11H12BrClFNO2. The number of nitrogens with one attached hydrogen (secondary N) is 1. The number of carbonyl (C=O) groups is 1. The minimum absolute atomic E-state index is 0.254. The lowest BCUT2D eigenvalue weighted by Crippen LogP contribution is -2.07. The average molecular weight is 325 g/mol. The molecule has 0 aliphatic carbocycles. The van der Waals surface area contributed by atoms with Crippen LogP contribution in [0.2, 0.25) is 5.02 Å². The van der Waals surface area contributed by atoms with Gasteiger partial charge in [-0.05, 0) is 34.5 Å². The number of ether oxygens (including phenoxy) is 1. The Balaban J connectivity index is 2.50. The highest BCUT2D eigenvalue weighted by molar-refractivity contribution is 9.10. The van der Waals surface area contributed by atoms with E-state index in [1.54, 1.807) is 0 Å². The van der Waals surface area contributed by atoms with Crippen molar-refractivity contribution < 1.29 is 13.9 Å². The summed E-state index contributed by atoms with van der Waals surface area (Å²) >= 11 is 9.09. The summed E-state index contributed by atoms with van der Waals surface area (Å²) < 4.78 is 18.0. The van der Waals surface area contributed by atoms with Gasteiger partial charge in [0.15, 0.2) is 0 Å². The van der Waals surface area contributed by atoms with E-state index in [1.807, 2.05) is 0 Å². The van der Waals surface area contributed by atoms with Crippen molar-refractivity contribution in [3.63, 3.8) is 0 Å². The third-order valence-electron chi connectivity index (χ3n) is 2.09. The van der Waals surface area contributed by atoms with Gasteiger partial charge in [0.25, 0.3) is 0 Å². The van der Waals surface area contributed by atoms with Crippen molar-refractivity contribution >= 4 is 39.2 Å². The fourth-order valence-electron chi connectivity index (χ4n) is 1.26. The minimum atomic E-state index is -0.401. The number of halogens is 3. The fourth-order valence-corrected chi connectivity index (χ4v) is 2.22. The molecule has 0 aliphatic rings. The summed E-state index contributed by atoms with van der Waals surface area (Å²) in [5, 5.41) is 3.34. The lowest BCUT2D eigenvalue weighted by molar-refractivity contribution is -0.140. The standard InChI is InChI=1S/C11H12BrClFNO2/c1-17-10(16)3-2-4-15-11-8(12)5-7(14)6-9(11)13/h5-6,15H,2-4H2,1H3. The molecule has 1 aromatic rings. The molecule has 0 amide bonds. The number of hydrogen-bond acceptors (Lipinski definition) is 3. The van der Waals surface area contributed by atoms with E-state index in [9.17, 15) is 9.18 Å². The van der Waals surface area contributed by atoms with E-state index < -0.39 is 5.82 Å². The number of esters is 1. The van der Waals surface area contributed by atoms with Crippen LogP contribution in [-0.2, 0) is 9.53 Å². The minimum Gasteiger partial charge on any atom is -0.469 e. The van der Waals surface area contributed by atoms with Crippen LogP contribution in [0.3, 0.4) is 0 Å². The van der Waals surface area contributed by atoms with Gasteiger partial charge in [0.2, 0.25) is 0 Å². The highest BCUT2D eigenvalue weighted by Gasteiger charge is 2.07. The third-order valence-corrected chi connectivity index (χ3v) is 3.02. The number of carbonyl (C=O) groups excluding carboxylic acids is 1. The molecule has 0 atom stereocenters. The highest BCUT2D eigenvalue weighted by Crippen LogP contribution is 2.31. The van der Waals surface area contributed by atoms with Crippen LogP contribution >= 0.6 is 27.5 Å². The molecule has 0 radical (unpaired) electrons. The van der Waals surface area contributed by atoms with Crippen LogP contribution in [-0.4, -0.2) is 19.6 Å². The fraction of sp³-hybridized carbons (Fsp3) is 0.364. The molecule has 17 heavy (non-hydrogen) atoms. The van der Waals surface area contributed by atoms with E-state index in [0.29, 0.717) is 34.6 Å². The van der Waals surface area contributed by atoms with Crippen molar-refractivity contribution in [3.8, 4) is 0 Å². The Morgan fingerprint density at radius 1 is 1.59 bits per heavy atom. The van der Waals surface area contributed by atoms with Gasteiger partial charge in [-0.15, -0.1) is 0 Å². The van der Waals surface area contributed by atoms with Gasteiger partial charge in [-0.1, -0.05) is 11.6 Å². The second kappa shape index (κ2) is 6.81. The molecule has 6 heteroatoms. The molecule has 3 nitrogen and oxygen atoms in total. The Morgan fingerprint density at radius 3 is 2.88 bits per heavy atom. The molecule has 1 rings (SSSR count). The van der Waals surface area contributed by atoms with Crippen LogP contribution in [0.1, 0.15) is 12.8 Å². The van der Waals surface area contributed by atoms with Gasteiger partial charge in [-0.2, -0.15) is 0 Å². The van der Waals surface area contributed by atoms with Gasteiger partial charge in [-0.3, -0.25) is 4.79 Å². The summed E-state index contributed by atoms with van der Waals surface area (Å²) in [5.74, 6) is -0.655. The maximum absolute atomic E-state index is 12.9. The zero-order valence-corrected chi connectivity index (χ0v) is 11.6. The molecule has 94 valence electrons. The van der Waals surface area contributed by atoms with Crippen LogP contribution in [0.15, 0.2) is 16.6 Å². The first-order chi connectivity index (χ1) is 8.04. The van der Waals surface area contributed by atoms with Gasteiger partial charge < -0.3 is 10.1 Å². The van der Waals surface area contributed by atoms with Crippen LogP contribution < -0.4 is 5.32 Å². The molecule has 0 fully saturated rings. The van der Waals surface area contributed by atoms with Crippen molar-refractivity contribution in [2.75, 3.05) is 19.0 Å². The maximum Gasteiger partial charge on any atom is 0.305 e. The molecule has 1 aromatic carbocycles. The average Bonchev–Trinajstić information content (AvgIpc) is 2.26. The topological polar surface area (TPSA) is 38.3 Å². The van der Waals surface area contributed by atoms with Crippen molar-refractivity contribution in [1.82, 2.24) is 0 Å². The molecule has 0 saturated carbocycles. The second-order valence-corrected chi connectivity index (χ2v) is 4.61. The van der Waals surface area contributed by atoms with Crippen LogP contribution in [0.4, 0.5) is 10.1 Å². The van der Waals surface area contributed by atoms with Crippen LogP contribution in [0.25, 0.3) is 0 Å². The van der Waals surface area contributed by atoms with E-state index in [4.69, 9.17) is 11.6 Å². The van der Waals surface area contributed by atoms with Crippen molar-refractivity contribution in [2.45, 2.75) is 12.8 Å². The van der Waals surface area contributed by atoms with Crippen LogP contribution in [0, 0.1) is 5.82 Å². The zero-order valence-electron chi connectivity index (χ0n) is 9.23. The van der Waals surface area contributed by atoms with Crippen molar-refractivity contribution in [2.24, 2.45) is 0 Å². The number of methoxy groups -OCH3 is 1. The van der Waals surface area contributed by atoms with E-state index in [1.165, 1.54) is 19.2 Å². The SMILES string of the molecule is COC(=O)CCCNc1c(Cl)cc(F)cc1Br. The predicted molar refractivity (Wildman–Crippen MR) is 68.8 cm³/mol. The van der Waals surface area contributed by atoms with E-state index in [0.717, 1.165) is 0 Å². The molecular weight excluding hydrogens is 312 g/mol. The Bertz CT molecular complexity index is 391. The first-order valence-corrected chi connectivity index (χ1v) is 6.17. The lowest BCUT2D eigenvalue weighted by Gasteiger charge is -2.10. The number of anilines is 1. The molecule has 0 aliphatic heterocycles. The maximum atomic E-state index is 12.9. The number of rotatable bonds is 5. The number of benzene rings is 1. The normalized spacial score (nSPS) is 10.1. The molecule has 0 bridgehead atoms. The Morgan fingerprint density at radius 2 is 2.29 bits per heavy atom. The summed E-state index contributed by atoms with van der Waals surface area (Å²) in [5.41, 5.74) is 0.623. The summed E-state index contributed by atoms with van der Waals surface area (Å²) in [4.78, 5) is 10.9. The largest absolute Gasteiger partial charge is 0.469 e. The van der Waals surface area contributed by atoms with Crippen LogP contribution in [0.5, 0.6) is 0 Å². The molecule has 0 aromatic heterocycles. The van der Waals surface area contributed by atoms with E-state index in [2.05, 4.69) is 26.0 Å². The van der Waals surface area contributed by atoms with E-state index in [-0.39, 0.29) is 5.97 Å². The Hall–Kier alpha value is -0.810. The first-order valence-electron chi connectivity index (χ1n) is 5.00. The zero-order chi connectivity index (χ0) is 12.8. The summed E-state index contributed by atoms with van der Waals surface area (Å²) in [6.45, 7) is 0.555. The summed E-state index contributed by atoms with van der Waals surface area (Å²) in [6, 6.07) is 2.56. The van der Waals surface area contributed by atoms with Gasteiger partial charge in [0.1, 0.15) is 5.82 Å². The van der Waals surface area contributed by atoms with Gasteiger partial charge in [0, 0.05) is 17.4 Å². The smallest absolute Gasteiger partial charge is 0.305 e. The van der Waals surface area contributed by atoms with Crippen molar-refractivity contribution in [1.29, 1.82) is 0 Å². The van der Waals surface area contributed by atoms with Crippen molar-refractivity contribution in [3.05, 3.63) is 27.4 Å². The summed E-state index contributed by atoms with van der Waals surface area (Å²) in [7, 11) is 1.35. The molecule has 0 unspecified atom stereocenters. The monoisotopic (exact) mass is 323 g/mol. The number of hydrogen-bond donors (Lipinski definition) is 1. The molecule has 0 spiro atoms. The Kier molecular flexibility index (Phi) is 5.71. The van der Waals surface area contributed by atoms with E-state index >= 15 is 0 Å². The predicted octanol–water partition coefficient (Wildman–Crippen LogP) is 3.61. The highest BCUT2D eigenvalue weighted by atomic mass is 79.9. The lowest BCUT2D eigenvalue weighted by atomic mass is 10.2. The van der Waals surface area contributed by atoms with Gasteiger partial charge in [0.05, 0.1) is 17.8 Å². The quantitative estimate of drug-likeness (QED) is 0.664. The van der Waals surface area contributed by atoms with Gasteiger partial charge >= 0.3 is 5.97 Å². The first kappa shape index (κ1) is 14.3. The third kappa shape index (κ3) is 4.52.